The molecule has 3 heterocycles. The molecule has 2 aromatic carbocycles. The van der Waals surface area contributed by atoms with Gasteiger partial charge in [-0.05, 0) is 74.0 Å². The zero-order chi connectivity index (χ0) is 23.5. The zero-order valence-corrected chi connectivity index (χ0v) is 19.9. The number of aliphatic hydroxyl groups excluding tert-OH is 1. The highest BCUT2D eigenvalue weighted by atomic mass is 16.3. The number of H-pyrrole nitrogens is 1. The van der Waals surface area contributed by atoms with E-state index in [0.717, 1.165) is 42.7 Å². The highest BCUT2D eigenvalue weighted by molar-refractivity contribution is 5.85. The predicted molar refractivity (Wildman–Crippen MR) is 135 cm³/mol. The molecule has 1 saturated heterocycles. The average molecular weight is 459 g/mol. The van der Waals surface area contributed by atoms with Crippen LogP contribution in [0.5, 0.6) is 0 Å². The monoisotopic (exact) mass is 458 g/mol. The minimum atomic E-state index is -0.515. The van der Waals surface area contributed by atoms with Crippen LogP contribution in [-0.4, -0.2) is 50.0 Å². The molecule has 2 aromatic heterocycles. The van der Waals surface area contributed by atoms with Crippen LogP contribution in [0.4, 0.5) is 0 Å². The van der Waals surface area contributed by atoms with E-state index >= 15 is 0 Å². The lowest BCUT2D eigenvalue weighted by atomic mass is 9.82. The van der Waals surface area contributed by atoms with Crippen molar-refractivity contribution in [2.75, 3.05) is 13.1 Å². The van der Waals surface area contributed by atoms with Gasteiger partial charge in [-0.15, -0.1) is 10.2 Å². The van der Waals surface area contributed by atoms with Gasteiger partial charge in [0.05, 0.1) is 6.10 Å². The summed E-state index contributed by atoms with van der Waals surface area (Å²) in [4.78, 5) is 3.45. The number of piperidine rings is 1. The van der Waals surface area contributed by atoms with E-state index in [9.17, 15) is 5.11 Å². The van der Waals surface area contributed by atoms with E-state index in [2.05, 4.69) is 64.1 Å². The highest BCUT2D eigenvalue weighted by Crippen LogP contribution is 2.33. The molecule has 4 N–H and O–H groups in total. The summed E-state index contributed by atoms with van der Waals surface area (Å²) in [5, 5.41) is 27.3. The minimum Gasteiger partial charge on any atom is -0.387 e. The van der Waals surface area contributed by atoms with Gasteiger partial charge in [0.1, 0.15) is 12.7 Å². The Morgan fingerprint density at radius 3 is 2.71 bits per heavy atom. The van der Waals surface area contributed by atoms with E-state index < -0.39 is 6.10 Å². The molecule has 4 aromatic rings. The van der Waals surface area contributed by atoms with Crippen LogP contribution in [0.15, 0.2) is 67.4 Å². The quantitative estimate of drug-likeness (QED) is 0.321. The van der Waals surface area contributed by atoms with E-state index in [1.165, 1.54) is 10.9 Å². The van der Waals surface area contributed by atoms with Crippen LogP contribution in [0.2, 0.25) is 0 Å². The lowest BCUT2D eigenvalue weighted by Gasteiger charge is -2.37. The van der Waals surface area contributed by atoms with Crippen molar-refractivity contribution in [3.8, 4) is 5.69 Å². The van der Waals surface area contributed by atoms with Gasteiger partial charge in [0.2, 0.25) is 0 Å². The lowest BCUT2D eigenvalue weighted by Crippen LogP contribution is -2.51. The van der Waals surface area contributed by atoms with Gasteiger partial charge in [-0.1, -0.05) is 37.3 Å². The summed E-state index contributed by atoms with van der Waals surface area (Å²) in [6, 6.07) is 16.7. The molecular weight excluding hydrogens is 424 g/mol. The fraction of sp³-hybridized carbons (Fsp3) is 0.407. The van der Waals surface area contributed by atoms with Crippen molar-refractivity contribution in [1.82, 2.24) is 30.4 Å². The summed E-state index contributed by atoms with van der Waals surface area (Å²) < 4.78 is 1.94. The number of aromatic amines is 1. The van der Waals surface area contributed by atoms with Crippen LogP contribution >= 0.6 is 0 Å². The van der Waals surface area contributed by atoms with E-state index in [4.69, 9.17) is 0 Å². The molecule has 7 nitrogen and oxygen atoms in total. The Morgan fingerprint density at radius 1 is 1.12 bits per heavy atom. The largest absolute Gasteiger partial charge is 0.387 e. The molecule has 7 heteroatoms. The highest BCUT2D eigenvalue weighted by Gasteiger charge is 2.30. The standard InChI is InChI=1S/C27H34N6O/c1-18(24-15-29-26-9-8-22(13-23(24)26)33-16-30-31-17-33)12-21-14-28-11-10-25(21)32-19(2)27(34)20-6-4-3-5-7-20/h3-9,13,15-19,21,25,27-29,32,34H,10-12,14H2,1-2H3/t18-,19+,21?,25?,27?/m1/s1. The SMILES string of the molecule is C[C@H](CC1CNCCC1N[C@@H](C)C(O)c1ccccc1)c1c[nH]c2ccc(-n3cnnc3)cc12. The first kappa shape index (κ1) is 22.8. The number of aromatic nitrogens is 4. The molecule has 1 aliphatic rings. The molecule has 0 aliphatic carbocycles. The second-order valence-corrected chi connectivity index (χ2v) is 9.65. The van der Waals surface area contributed by atoms with Gasteiger partial charge in [0.25, 0.3) is 0 Å². The van der Waals surface area contributed by atoms with E-state index in [1.807, 2.05) is 34.9 Å². The van der Waals surface area contributed by atoms with Crippen LogP contribution in [0, 0.1) is 5.92 Å². The van der Waals surface area contributed by atoms with Crippen LogP contribution in [-0.2, 0) is 0 Å². The summed E-state index contributed by atoms with van der Waals surface area (Å²) in [6.07, 6.45) is 7.24. The molecule has 3 unspecified atom stereocenters. The summed E-state index contributed by atoms with van der Waals surface area (Å²) >= 11 is 0. The van der Waals surface area contributed by atoms with Crippen LogP contribution < -0.4 is 10.6 Å². The van der Waals surface area contributed by atoms with Gasteiger partial charge in [-0.3, -0.25) is 4.57 Å². The van der Waals surface area contributed by atoms with Crippen LogP contribution in [0.1, 0.15) is 49.8 Å². The predicted octanol–water partition coefficient (Wildman–Crippen LogP) is 3.93. The Bertz CT molecular complexity index is 1190. The molecule has 0 radical (unpaired) electrons. The van der Waals surface area contributed by atoms with Crippen LogP contribution in [0.3, 0.4) is 0 Å². The topological polar surface area (TPSA) is 90.8 Å². The normalized spacial score (nSPS) is 21.4. The van der Waals surface area contributed by atoms with Crippen molar-refractivity contribution in [3.05, 3.63) is 78.5 Å². The summed E-state index contributed by atoms with van der Waals surface area (Å²) in [5.74, 6) is 0.883. The summed E-state index contributed by atoms with van der Waals surface area (Å²) in [5.41, 5.74) is 4.51. The second-order valence-electron chi connectivity index (χ2n) is 9.65. The molecule has 178 valence electrons. The first-order valence-electron chi connectivity index (χ1n) is 12.3. The molecule has 1 aliphatic heterocycles. The van der Waals surface area contributed by atoms with Crippen molar-refractivity contribution in [2.24, 2.45) is 5.92 Å². The smallest absolute Gasteiger partial charge is 0.123 e. The maximum absolute atomic E-state index is 10.9. The fourth-order valence-corrected chi connectivity index (χ4v) is 5.37. The van der Waals surface area contributed by atoms with Gasteiger partial charge in [0.15, 0.2) is 0 Å². The Balaban J connectivity index is 1.30. The number of rotatable bonds is 8. The first-order chi connectivity index (χ1) is 16.6. The zero-order valence-electron chi connectivity index (χ0n) is 19.9. The van der Waals surface area contributed by atoms with Gasteiger partial charge in [-0.25, -0.2) is 0 Å². The molecule has 0 amide bonds. The molecule has 0 saturated carbocycles. The number of hydrogen-bond acceptors (Lipinski definition) is 5. The molecule has 5 atom stereocenters. The van der Waals surface area contributed by atoms with E-state index in [0.29, 0.717) is 17.9 Å². The van der Waals surface area contributed by atoms with Crippen LogP contribution in [0.25, 0.3) is 16.6 Å². The maximum Gasteiger partial charge on any atom is 0.123 e. The number of nitrogens with one attached hydrogen (secondary N) is 3. The van der Waals surface area contributed by atoms with Crippen molar-refractivity contribution >= 4 is 10.9 Å². The number of benzene rings is 2. The first-order valence-corrected chi connectivity index (χ1v) is 12.3. The maximum atomic E-state index is 10.9. The number of fused-ring (bicyclic) bond motifs is 1. The molecule has 1 fully saturated rings. The fourth-order valence-electron chi connectivity index (χ4n) is 5.37. The third-order valence-corrected chi connectivity index (χ3v) is 7.30. The summed E-state index contributed by atoms with van der Waals surface area (Å²) in [7, 11) is 0. The van der Waals surface area contributed by atoms with E-state index in [1.54, 1.807) is 12.7 Å². The van der Waals surface area contributed by atoms with Gasteiger partial charge >= 0.3 is 0 Å². The Labute approximate surface area is 200 Å². The van der Waals surface area contributed by atoms with Gasteiger partial charge in [-0.2, -0.15) is 0 Å². The van der Waals surface area contributed by atoms with Crippen molar-refractivity contribution in [3.63, 3.8) is 0 Å². The molecule has 0 spiro atoms. The minimum absolute atomic E-state index is 0.0113. The molecule has 0 bridgehead atoms. The molecule has 5 rings (SSSR count). The van der Waals surface area contributed by atoms with Gasteiger partial charge in [0, 0.05) is 34.9 Å². The number of hydrogen-bond donors (Lipinski definition) is 4. The Kier molecular flexibility index (Phi) is 6.76. The average Bonchev–Trinajstić information content (AvgIpc) is 3.55. The molecule has 34 heavy (non-hydrogen) atoms. The number of nitrogens with zero attached hydrogens (tertiary/aromatic N) is 3. The Hall–Kier alpha value is -3.00. The third kappa shape index (κ3) is 4.78. The van der Waals surface area contributed by atoms with Crippen molar-refractivity contribution < 1.29 is 5.11 Å². The number of aliphatic hydroxyl groups is 1. The lowest BCUT2D eigenvalue weighted by molar-refractivity contribution is 0.115. The second kappa shape index (κ2) is 10.1. The Morgan fingerprint density at radius 2 is 1.91 bits per heavy atom. The van der Waals surface area contributed by atoms with Gasteiger partial charge < -0.3 is 20.7 Å². The summed E-state index contributed by atoms with van der Waals surface area (Å²) in [6.45, 7) is 6.41. The van der Waals surface area contributed by atoms with Crippen molar-refractivity contribution in [1.29, 1.82) is 0 Å². The van der Waals surface area contributed by atoms with Crippen molar-refractivity contribution in [2.45, 2.75) is 50.8 Å². The molecular formula is C27H34N6O. The third-order valence-electron chi connectivity index (χ3n) is 7.30. The van der Waals surface area contributed by atoms with E-state index in [-0.39, 0.29) is 6.04 Å².